The standard InChI is InChI=1S/C20H25FN2O2/c1-3-13-11-17(20(24,12-22)15-7-8-15)23-18(19(13)25-4-2)14-5-9-16(21)10-6-14/h5-6,9-11,15,24H,3-4,7-8,12,22H2,1-2H3/t20-/m1/s1. The van der Waals surface area contributed by atoms with Crippen LogP contribution in [0.1, 0.15) is 37.9 Å². The van der Waals surface area contributed by atoms with Crippen molar-refractivity contribution in [2.24, 2.45) is 11.7 Å². The quantitative estimate of drug-likeness (QED) is 0.808. The fourth-order valence-corrected chi connectivity index (χ4v) is 3.22. The lowest BCUT2D eigenvalue weighted by Crippen LogP contribution is -2.38. The van der Waals surface area contributed by atoms with E-state index in [9.17, 15) is 9.50 Å². The second-order valence-corrected chi connectivity index (χ2v) is 6.54. The van der Waals surface area contributed by atoms with Gasteiger partial charge in [0.2, 0.25) is 0 Å². The second kappa shape index (κ2) is 7.10. The summed E-state index contributed by atoms with van der Waals surface area (Å²) in [7, 11) is 0. The maximum atomic E-state index is 13.3. The van der Waals surface area contributed by atoms with E-state index in [-0.39, 0.29) is 18.3 Å². The van der Waals surface area contributed by atoms with E-state index >= 15 is 0 Å². The Labute approximate surface area is 147 Å². The summed E-state index contributed by atoms with van der Waals surface area (Å²) in [6.07, 6.45) is 2.65. The summed E-state index contributed by atoms with van der Waals surface area (Å²) in [6, 6.07) is 8.08. The normalized spacial score (nSPS) is 16.5. The fourth-order valence-electron chi connectivity index (χ4n) is 3.22. The highest BCUT2D eigenvalue weighted by Crippen LogP contribution is 2.46. The molecule has 1 aromatic carbocycles. The van der Waals surface area contributed by atoms with Gasteiger partial charge in [0.25, 0.3) is 0 Å². The zero-order chi connectivity index (χ0) is 18.0. The number of benzene rings is 1. The number of halogens is 1. The van der Waals surface area contributed by atoms with E-state index in [4.69, 9.17) is 15.5 Å². The first-order valence-corrected chi connectivity index (χ1v) is 8.89. The molecule has 1 saturated carbocycles. The van der Waals surface area contributed by atoms with Gasteiger partial charge >= 0.3 is 0 Å². The summed E-state index contributed by atoms with van der Waals surface area (Å²) in [5.74, 6) is 0.536. The molecule has 3 rings (SSSR count). The van der Waals surface area contributed by atoms with Gasteiger partial charge in [0.05, 0.1) is 12.3 Å². The minimum atomic E-state index is -1.12. The van der Waals surface area contributed by atoms with Crippen molar-refractivity contribution in [1.82, 2.24) is 4.98 Å². The first-order valence-electron chi connectivity index (χ1n) is 8.89. The number of pyridine rings is 1. The minimum absolute atomic E-state index is 0.130. The van der Waals surface area contributed by atoms with Crippen molar-refractivity contribution >= 4 is 0 Å². The Morgan fingerprint density at radius 3 is 2.48 bits per heavy atom. The SMILES string of the molecule is CCOc1c(CC)cc([C@@](O)(CN)C2CC2)nc1-c1ccc(F)cc1. The molecular weight excluding hydrogens is 319 g/mol. The number of aromatic nitrogens is 1. The molecule has 0 bridgehead atoms. The third-order valence-electron chi connectivity index (χ3n) is 4.84. The Morgan fingerprint density at radius 1 is 1.28 bits per heavy atom. The molecule has 1 atom stereocenters. The summed E-state index contributed by atoms with van der Waals surface area (Å²) in [6.45, 7) is 4.59. The molecule has 0 radical (unpaired) electrons. The molecule has 134 valence electrons. The Morgan fingerprint density at radius 2 is 1.96 bits per heavy atom. The van der Waals surface area contributed by atoms with Gasteiger partial charge in [-0.25, -0.2) is 9.37 Å². The van der Waals surface area contributed by atoms with Crippen molar-refractivity contribution in [3.05, 3.63) is 47.4 Å². The van der Waals surface area contributed by atoms with E-state index in [1.807, 2.05) is 19.9 Å². The molecule has 0 saturated heterocycles. The molecule has 1 aliphatic carbocycles. The number of aryl methyl sites for hydroxylation is 1. The minimum Gasteiger partial charge on any atom is -0.491 e. The van der Waals surface area contributed by atoms with E-state index in [1.165, 1.54) is 12.1 Å². The molecule has 0 spiro atoms. The number of nitrogens with zero attached hydrogens (tertiary/aromatic N) is 1. The van der Waals surface area contributed by atoms with Crippen LogP contribution in [0.15, 0.2) is 30.3 Å². The van der Waals surface area contributed by atoms with Crippen molar-refractivity contribution in [3.8, 4) is 17.0 Å². The molecule has 2 aromatic rings. The molecule has 1 fully saturated rings. The number of nitrogens with two attached hydrogens (primary N) is 1. The summed E-state index contributed by atoms with van der Waals surface area (Å²) < 4.78 is 19.2. The van der Waals surface area contributed by atoms with Crippen LogP contribution in [0.25, 0.3) is 11.3 Å². The summed E-state index contributed by atoms with van der Waals surface area (Å²) in [5.41, 5.74) is 7.73. The Kier molecular flexibility index (Phi) is 5.06. The zero-order valence-electron chi connectivity index (χ0n) is 14.8. The van der Waals surface area contributed by atoms with Crippen LogP contribution >= 0.6 is 0 Å². The first-order chi connectivity index (χ1) is 12.0. The highest BCUT2D eigenvalue weighted by Gasteiger charge is 2.45. The largest absolute Gasteiger partial charge is 0.491 e. The zero-order valence-corrected chi connectivity index (χ0v) is 14.8. The Hall–Kier alpha value is -1.98. The molecule has 5 heteroatoms. The van der Waals surface area contributed by atoms with Gasteiger partial charge in [-0.05, 0) is 68.0 Å². The number of ether oxygens (including phenoxy) is 1. The average Bonchev–Trinajstić information content (AvgIpc) is 3.47. The van der Waals surface area contributed by atoms with Crippen molar-refractivity contribution in [1.29, 1.82) is 0 Å². The van der Waals surface area contributed by atoms with E-state index in [0.29, 0.717) is 23.7 Å². The summed E-state index contributed by atoms with van der Waals surface area (Å²) in [5, 5.41) is 11.1. The van der Waals surface area contributed by atoms with Crippen molar-refractivity contribution in [2.75, 3.05) is 13.2 Å². The predicted molar refractivity (Wildman–Crippen MR) is 95.9 cm³/mol. The summed E-state index contributed by atoms with van der Waals surface area (Å²) >= 11 is 0. The van der Waals surface area contributed by atoms with Crippen LogP contribution in [0.2, 0.25) is 0 Å². The smallest absolute Gasteiger partial charge is 0.148 e. The van der Waals surface area contributed by atoms with Gasteiger partial charge in [0.15, 0.2) is 0 Å². The van der Waals surface area contributed by atoms with Crippen LogP contribution in [0.5, 0.6) is 5.75 Å². The second-order valence-electron chi connectivity index (χ2n) is 6.54. The van der Waals surface area contributed by atoms with Crippen LogP contribution < -0.4 is 10.5 Å². The van der Waals surface area contributed by atoms with E-state index in [1.54, 1.807) is 12.1 Å². The first kappa shape index (κ1) is 17.8. The molecule has 3 N–H and O–H groups in total. The third-order valence-corrected chi connectivity index (χ3v) is 4.84. The van der Waals surface area contributed by atoms with Crippen molar-refractivity contribution in [2.45, 2.75) is 38.7 Å². The molecule has 1 aromatic heterocycles. The summed E-state index contributed by atoms with van der Waals surface area (Å²) in [4.78, 5) is 4.73. The van der Waals surface area contributed by atoms with Crippen LogP contribution in [0.3, 0.4) is 0 Å². The number of hydrogen-bond donors (Lipinski definition) is 2. The molecular formula is C20H25FN2O2. The van der Waals surface area contributed by atoms with Crippen LogP contribution in [-0.2, 0) is 12.0 Å². The molecule has 0 amide bonds. The third kappa shape index (κ3) is 3.39. The lowest BCUT2D eigenvalue weighted by atomic mass is 9.90. The van der Waals surface area contributed by atoms with E-state index in [2.05, 4.69) is 0 Å². The maximum absolute atomic E-state index is 13.3. The topological polar surface area (TPSA) is 68.4 Å². The van der Waals surface area contributed by atoms with Gasteiger partial charge in [0.1, 0.15) is 22.9 Å². The molecule has 25 heavy (non-hydrogen) atoms. The number of hydrogen-bond acceptors (Lipinski definition) is 4. The molecule has 0 unspecified atom stereocenters. The highest BCUT2D eigenvalue weighted by atomic mass is 19.1. The average molecular weight is 344 g/mol. The van der Waals surface area contributed by atoms with Gasteiger partial charge in [-0.3, -0.25) is 0 Å². The highest BCUT2D eigenvalue weighted by molar-refractivity contribution is 5.69. The molecule has 1 heterocycles. The molecule has 0 aliphatic heterocycles. The Bertz CT molecular complexity index is 744. The van der Waals surface area contributed by atoms with E-state index < -0.39 is 5.60 Å². The van der Waals surface area contributed by atoms with Crippen LogP contribution in [0, 0.1) is 11.7 Å². The van der Waals surface area contributed by atoms with Crippen molar-refractivity contribution in [3.63, 3.8) is 0 Å². The van der Waals surface area contributed by atoms with E-state index in [0.717, 1.165) is 30.4 Å². The van der Waals surface area contributed by atoms with Crippen LogP contribution in [-0.4, -0.2) is 23.2 Å². The Balaban J connectivity index is 2.19. The van der Waals surface area contributed by atoms with Crippen LogP contribution in [0.4, 0.5) is 4.39 Å². The number of aliphatic hydroxyl groups is 1. The lowest BCUT2D eigenvalue weighted by molar-refractivity contribution is 0.0178. The van der Waals surface area contributed by atoms with Gasteiger partial charge < -0.3 is 15.6 Å². The van der Waals surface area contributed by atoms with Gasteiger partial charge in [-0.2, -0.15) is 0 Å². The molecule has 1 aliphatic rings. The fraction of sp³-hybridized carbons (Fsp3) is 0.450. The van der Waals surface area contributed by atoms with Gasteiger partial charge in [-0.1, -0.05) is 6.92 Å². The molecule has 4 nitrogen and oxygen atoms in total. The van der Waals surface area contributed by atoms with Gasteiger partial charge in [-0.15, -0.1) is 0 Å². The number of rotatable bonds is 7. The monoisotopic (exact) mass is 344 g/mol. The maximum Gasteiger partial charge on any atom is 0.148 e. The lowest BCUT2D eigenvalue weighted by Gasteiger charge is -2.28. The van der Waals surface area contributed by atoms with Gasteiger partial charge in [0, 0.05) is 12.1 Å². The predicted octanol–water partition coefficient (Wildman–Crippen LogP) is 3.41. The van der Waals surface area contributed by atoms with Crippen molar-refractivity contribution < 1.29 is 14.2 Å².